The molecule has 0 amide bonds. The largest absolute Gasteiger partial charge is 0.393 e. The van der Waals surface area contributed by atoms with E-state index in [9.17, 15) is 0 Å². The van der Waals surface area contributed by atoms with E-state index in [-0.39, 0.29) is 6.10 Å². The van der Waals surface area contributed by atoms with Crippen LogP contribution >= 0.6 is 0 Å². The van der Waals surface area contributed by atoms with Crippen LogP contribution < -0.4 is 5.32 Å². The van der Waals surface area contributed by atoms with Crippen molar-refractivity contribution in [3.05, 3.63) is 11.4 Å². The molecule has 16 heavy (non-hydrogen) atoms. The molecule has 0 fully saturated rings. The van der Waals surface area contributed by atoms with E-state index in [1.54, 1.807) is 6.92 Å². The van der Waals surface area contributed by atoms with Gasteiger partial charge in [-0.05, 0) is 26.2 Å². The Kier molecular flexibility index (Phi) is 5.11. The summed E-state index contributed by atoms with van der Waals surface area (Å²) in [4.78, 5) is 4.39. The molecule has 0 saturated heterocycles. The molecule has 5 heteroatoms. The van der Waals surface area contributed by atoms with Crippen molar-refractivity contribution in [3.63, 3.8) is 0 Å². The molecule has 0 radical (unpaired) electrons. The van der Waals surface area contributed by atoms with Gasteiger partial charge in [-0.1, -0.05) is 13.8 Å². The molecular formula is C11H20N4O. The highest BCUT2D eigenvalue weighted by atomic mass is 16.3. The molecule has 1 unspecified atom stereocenters. The maximum Gasteiger partial charge on any atom is 0.242 e. The van der Waals surface area contributed by atoms with E-state index < -0.39 is 0 Å². The van der Waals surface area contributed by atoms with Gasteiger partial charge in [-0.15, -0.1) is 5.10 Å². The quantitative estimate of drug-likeness (QED) is 0.759. The smallest absolute Gasteiger partial charge is 0.242 e. The van der Waals surface area contributed by atoms with Crippen molar-refractivity contribution in [2.45, 2.75) is 46.1 Å². The van der Waals surface area contributed by atoms with Crippen LogP contribution in [-0.2, 0) is 12.8 Å². The highest BCUT2D eigenvalue weighted by Crippen LogP contribution is 2.06. The Morgan fingerprint density at radius 1 is 1.19 bits per heavy atom. The van der Waals surface area contributed by atoms with Crippen LogP contribution in [0.2, 0.25) is 0 Å². The Hall–Kier alpha value is -1.23. The fourth-order valence-corrected chi connectivity index (χ4v) is 1.41. The third-order valence-corrected chi connectivity index (χ3v) is 2.35. The first-order valence-electron chi connectivity index (χ1n) is 5.81. The zero-order valence-corrected chi connectivity index (χ0v) is 10.2. The summed E-state index contributed by atoms with van der Waals surface area (Å²) in [6.45, 7) is 6.53. The summed E-state index contributed by atoms with van der Waals surface area (Å²) in [6.07, 6.45) is 2.10. The van der Waals surface area contributed by atoms with Crippen LogP contribution in [0, 0.1) is 0 Å². The molecule has 0 bridgehead atoms. The maximum absolute atomic E-state index is 9.12. The van der Waals surface area contributed by atoms with Crippen LogP contribution in [0.5, 0.6) is 0 Å². The van der Waals surface area contributed by atoms with Crippen LogP contribution in [0.15, 0.2) is 0 Å². The molecule has 0 aliphatic heterocycles. The summed E-state index contributed by atoms with van der Waals surface area (Å²) in [7, 11) is 0. The lowest BCUT2D eigenvalue weighted by molar-refractivity contribution is 0.188. The lowest BCUT2D eigenvalue weighted by Gasteiger charge is -2.08. The fourth-order valence-electron chi connectivity index (χ4n) is 1.41. The fraction of sp³-hybridized carbons (Fsp3) is 0.727. The van der Waals surface area contributed by atoms with Crippen molar-refractivity contribution in [3.8, 4) is 0 Å². The second-order valence-electron chi connectivity index (χ2n) is 3.80. The summed E-state index contributed by atoms with van der Waals surface area (Å²) in [6, 6.07) is 0. The van der Waals surface area contributed by atoms with Gasteiger partial charge in [-0.25, -0.2) is 4.98 Å². The standard InChI is InChI=1S/C11H20N4O/c1-4-9-10(5-2)14-15-11(13-9)12-7-6-8(3)16/h8,16H,4-7H2,1-3H3,(H,12,13,15). The van der Waals surface area contributed by atoms with Crippen molar-refractivity contribution in [2.75, 3.05) is 11.9 Å². The number of hydrogen-bond acceptors (Lipinski definition) is 5. The van der Waals surface area contributed by atoms with Gasteiger partial charge in [0.05, 0.1) is 17.5 Å². The normalized spacial score (nSPS) is 12.5. The Balaban J connectivity index is 2.60. The van der Waals surface area contributed by atoms with Crippen molar-refractivity contribution in [1.29, 1.82) is 0 Å². The van der Waals surface area contributed by atoms with Gasteiger partial charge in [0.2, 0.25) is 5.95 Å². The van der Waals surface area contributed by atoms with Gasteiger partial charge in [0.1, 0.15) is 0 Å². The minimum absolute atomic E-state index is 0.305. The van der Waals surface area contributed by atoms with Crippen LogP contribution in [0.4, 0.5) is 5.95 Å². The Morgan fingerprint density at radius 2 is 1.88 bits per heavy atom. The highest BCUT2D eigenvalue weighted by molar-refractivity contribution is 5.25. The lowest BCUT2D eigenvalue weighted by atomic mass is 10.2. The average molecular weight is 224 g/mol. The van der Waals surface area contributed by atoms with E-state index >= 15 is 0 Å². The minimum Gasteiger partial charge on any atom is -0.393 e. The van der Waals surface area contributed by atoms with Crippen LogP contribution in [-0.4, -0.2) is 32.9 Å². The zero-order valence-electron chi connectivity index (χ0n) is 10.2. The van der Waals surface area contributed by atoms with Gasteiger partial charge in [-0.3, -0.25) is 0 Å². The van der Waals surface area contributed by atoms with Crippen LogP contribution in [0.25, 0.3) is 0 Å². The van der Waals surface area contributed by atoms with Gasteiger partial charge in [0, 0.05) is 6.54 Å². The molecule has 2 N–H and O–H groups in total. The number of nitrogens with one attached hydrogen (secondary N) is 1. The number of aromatic nitrogens is 3. The SMILES string of the molecule is CCc1nnc(NCCC(C)O)nc1CC. The van der Waals surface area contributed by atoms with Gasteiger partial charge in [0.15, 0.2) is 0 Å². The Bertz CT molecular complexity index is 328. The molecule has 0 aliphatic carbocycles. The monoisotopic (exact) mass is 224 g/mol. The molecule has 1 atom stereocenters. The second kappa shape index (κ2) is 6.37. The van der Waals surface area contributed by atoms with Crippen LogP contribution in [0.3, 0.4) is 0 Å². The summed E-state index contributed by atoms with van der Waals surface area (Å²) in [5, 5.41) is 20.3. The predicted octanol–water partition coefficient (Wildman–Crippen LogP) is 1.18. The average Bonchev–Trinajstić information content (AvgIpc) is 2.28. The molecular weight excluding hydrogens is 204 g/mol. The molecule has 1 rings (SSSR count). The first-order valence-corrected chi connectivity index (χ1v) is 5.81. The molecule has 0 aliphatic rings. The zero-order chi connectivity index (χ0) is 12.0. The van der Waals surface area contributed by atoms with Gasteiger partial charge in [0.25, 0.3) is 0 Å². The molecule has 0 aromatic carbocycles. The molecule has 90 valence electrons. The van der Waals surface area contributed by atoms with Gasteiger partial charge >= 0.3 is 0 Å². The summed E-state index contributed by atoms with van der Waals surface area (Å²) < 4.78 is 0. The van der Waals surface area contributed by atoms with E-state index in [1.807, 2.05) is 6.92 Å². The second-order valence-corrected chi connectivity index (χ2v) is 3.80. The van der Waals surface area contributed by atoms with Crippen molar-refractivity contribution in [2.24, 2.45) is 0 Å². The van der Waals surface area contributed by atoms with E-state index in [4.69, 9.17) is 5.11 Å². The number of aliphatic hydroxyl groups excluding tert-OH is 1. The molecule has 1 aromatic heterocycles. The number of nitrogens with zero attached hydrogens (tertiary/aromatic N) is 3. The third-order valence-electron chi connectivity index (χ3n) is 2.35. The molecule has 1 aromatic rings. The van der Waals surface area contributed by atoms with Crippen molar-refractivity contribution in [1.82, 2.24) is 15.2 Å². The van der Waals surface area contributed by atoms with E-state index in [1.165, 1.54) is 0 Å². The summed E-state index contributed by atoms with van der Waals surface area (Å²) in [5.41, 5.74) is 1.96. The van der Waals surface area contributed by atoms with E-state index in [0.717, 1.165) is 24.2 Å². The first kappa shape index (κ1) is 12.8. The molecule has 1 heterocycles. The summed E-state index contributed by atoms with van der Waals surface area (Å²) >= 11 is 0. The highest BCUT2D eigenvalue weighted by Gasteiger charge is 2.05. The summed E-state index contributed by atoms with van der Waals surface area (Å²) in [5.74, 6) is 0.551. The molecule has 0 saturated carbocycles. The first-order chi connectivity index (χ1) is 7.67. The van der Waals surface area contributed by atoms with E-state index in [0.29, 0.717) is 18.9 Å². The van der Waals surface area contributed by atoms with Gasteiger partial charge in [-0.2, -0.15) is 5.10 Å². The number of aliphatic hydroxyl groups is 1. The maximum atomic E-state index is 9.12. The minimum atomic E-state index is -0.305. The van der Waals surface area contributed by atoms with Crippen molar-refractivity contribution < 1.29 is 5.11 Å². The van der Waals surface area contributed by atoms with Crippen molar-refractivity contribution >= 4 is 5.95 Å². The topological polar surface area (TPSA) is 70.9 Å². The Labute approximate surface area is 96.3 Å². The molecule has 0 spiro atoms. The van der Waals surface area contributed by atoms with E-state index in [2.05, 4.69) is 27.4 Å². The number of anilines is 1. The molecule has 5 nitrogen and oxygen atoms in total. The predicted molar refractivity (Wildman–Crippen MR) is 63.4 cm³/mol. The lowest BCUT2D eigenvalue weighted by Crippen LogP contribution is -2.13. The number of aryl methyl sites for hydroxylation is 2. The third kappa shape index (κ3) is 3.73. The number of hydrogen-bond donors (Lipinski definition) is 2. The van der Waals surface area contributed by atoms with Gasteiger partial charge < -0.3 is 10.4 Å². The Morgan fingerprint density at radius 3 is 2.44 bits per heavy atom. The number of rotatable bonds is 6. The van der Waals surface area contributed by atoms with Crippen LogP contribution in [0.1, 0.15) is 38.6 Å².